The first kappa shape index (κ1) is 17.8. The number of fused-ring (bicyclic) bond motifs is 4. The van der Waals surface area contributed by atoms with Crippen molar-refractivity contribution in [2.45, 2.75) is 43.7 Å². The standard InChI is InChI=1S/C24H23N3O2/c1-3-6-16-9-10-20-19(15-16)24(21(28)27(2)22(25)26-24)23(29-20)13-11-17-7-4-5-8-18(17)12-14-23/h4-5,7-10,15H,11-14H2,1-2H3,(H2,25,26). The van der Waals surface area contributed by atoms with Gasteiger partial charge in [0.05, 0.1) is 0 Å². The van der Waals surface area contributed by atoms with Gasteiger partial charge in [-0.05, 0) is 61.9 Å². The van der Waals surface area contributed by atoms with Crippen LogP contribution in [-0.2, 0) is 23.2 Å². The Hall–Kier alpha value is -3.26. The van der Waals surface area contributed by atoms with Gasteiger partial charge in [0.1, 0.15) is 11.4 Å². The van der Waals surface area contributed by atoms with E-state index in [1.165, 1.54) is 16.0 Å². The SMILES string of the molecule is CC#Cc1ccc2c(c1)C1(N=C(N)N(C)C1=O)C1(CCc3ccccc3CC1)O2. The minimum atomic E-state index is -1.16. The van der Waals surface area contributed by atoms with Crippen molar-refractivity contribution in [3.8, 4) is 17.6 Å². The number of ether oxygens (including phenoxy) is 1. The van der Waals surface area contributed by atoms with E-state index in [4.69, 9.17) is 15.5 Å². The number of carbonyl (C=O) groups is 1. The largest absolute Gasteiger partial charge is 0.483 e. The number of carbonyl (C=O) groups excluding carboxylic acids is 1. The van der Waals surface area contributed by atoms with Gasteiger partial charge < -0.3 is 10.5 Å². The molecule has 2 aliphatic heterocycles. The lowest BCUT2D eigenvalue weighted by molar-refractivity contribution is -0.138. The van der Waals surface area contributed by atoms with E-state index in [-0.39, 0.29) is 11.9 Å². The number of aliphatic imine (C=N–C) groups is 1. The first-order chi connectivity index (χ1) is 14.0. The Kier molecular flexibility index (Phi) is 3.76. The first-order valence-corrected chi connectivity index (χ1v) is 9.97. The van der Waals surface area contributed by atoms with Crippen molar-refractivity contribution in [3.63, 3.8) is 0 Å². The highest BCUT2D eigenvalue weighted by atomic mass is 16.5. The Bertz CT molecular complexity index is 1100. The molecular weight excluding hydrogens is 362 g/mol. The van der Waals surface area contributed by atoms with Gasteiger partial charge in [-0.3, -0.25) is 9.69 Å². The summed E-state index contributed by atoms with van der Waals surface area (Å²) in [7, 11) is 1.68. The molecule has 2 aromatic carbocycles. The third-order valence-corrected chi connectivity index (χ3v) is 6.56. The average Bonchev–Trinajstić information content (AvgIpc) is 3.02. The molecule has 1 aliphatic carbocycles. The lowest BCUT2D eigenvalue weighted by Crippen LogP contribution is -2.56. The summed E-state index contributed by atoms with van der Waals surface area (Å²) < 4.78 is 6.63. The molecule has 2 N–H and O–H groups in total. The summed E-state index contributed by atoms with van der Waals surface area (Å²) in [6, 6.07) is 14.3. The van der Waals surface area contributed by atoms with Crippen LogP contribution in [0.1, 0.15) is 42.0 Å². The van der Waals surface area contributed by atoms with Gasteiger partial charge in [-0.25, -0.2) is 4.99 Å². The van der Waals surface area contributed by atoms with Crippen molar-refractivity contribution in [2.75, 3.05) is 7.05 Å². The molecule has 3 aliphatic rings. The Balaban J connectivity index is 1.70. The van der Waals surface area contributed by atoms with Crippen LogP contribution < -0.4 is 10.5 Å². The molecule has 1 amide bonds. The zero-order chi connectivity index (χ0) is 20.2. The lowest BCUT2D eigenvalue weighted by atomic mass is 9.71. The molecule has 0 bridgehead atoms. The van der Waals surface area contributed by atoms with E-state index in [1.54, 1.807) is 14.0 Å². The van der Waals surface area contributed by atoms with Crippen LogP contribution in [0.2, 0.25) is 0 Å². The van der Waals surface area contributed by atoms with Crippen molar-refractivity contribution in [2.24, 2.45) is 10.7 Å². The predicted octanol–water partition coefficient (Wildman–Crippen LogP) is 2.75. The Morgan fingerprint density at radius 3 is 2.41 bits per heavy atom. The fourth-order valence-electron chi connectivity index (χ4n) is 5.07. The number of hydrogen-bond donors (Lipinski definition) is 1. The molecule has 29 heavy (non-hydrogen) atoms. The maximum Gasteiger partial charge on any atom is 0.266 e. The zero-order valence-electron chi connectivity index (χ0n) is 16.7. The van der Waals surface area contributed by atoms with Crippen LogP contribution in [0.5, 0.6) is 5.75 Å². The van der Waals surface area contributed by atoms with E-state index in [0.29, 0.717) is 18.6 Å². The van der Waals surface area contributed by atoms with E-state index in [1.807, 2.05) is 18.2 Å². The highest BCUT2D eigenvalue weighted by Gasteiger charge is 2.68. The van der Waals surface area contributed by atoms with Crippen molar-refractivity contribution in [3.05, 3.63) is 64.7 Å². The number of nitrogens with zero attached hydrogens (tertiary/aromatic N) is 2. The minimum absolute atomic E-state index is 0.124. The zero-order valence-corrected chi connectivity index (χ0v) is 16.7. The van der Waals surface area contributed by atoms with Crippen LogP contribution in [0, 0.1) is 11.8 Å². The molecule has 2 spiro atoms. The van der Waals surface area contributed by atoms with Gasteiger partial charge >= 0.3 is 0 Å². The summed E-state index contributed by atoms with van der Waals surface area (Å²) in [5.74, 6) is 6.84. The van der Waals surface area contributed by atoms with E-state index in [0.717, 1.165) is 24.0 Å². The Morgan fingerprint density at radius 1 is 1.14 bits per heavy atom. The summed E-state index contributed by atoms with van der Waals surface area (Å²) in [6.45, 7) is 1.80. The molecular formula is C24H23N3O2. The van der Waals surface area contributed by atoms with Crippen LogP contribution >= 0.6 is 0 Å². The van der Waals surface area contributed by atoms with Crippen molar-refractivity contribution >= 4 is 11.9 Å². The quantitative estimate of drug-likeness (QED) is 0.709. The predicted molar refractivity (Wildman–Crippen MR) is 112 cm³/mol. The van der Waals surface area contributed by atoms with Gasteiger partial charge in [-0.2, -0.15) is 0 Å². The summed E-state index contributed by atoms with van der Waals surface area (Å²) in [5, 5.41) is 0. The summed E-state index contributed by atoms with van der Waals surface area (Å²) in [4.78, 5) is 19.9. The third kappa shape index (κ3) is 2.29. The number of guanidine groups is 1. The normalized spacial score (nSPS) is 23.7. The van der Waals surface area contributed by atoms with Crippen LogP contribution in [-0.4, -0.2) is 29.4 Å². The maximum absolute atomic E-state index is 13.6. The number of nitrogens with two attached hydrogens (primary N) is 1. The number of rotatable bonds is 0. The molecule has 0 saturated heterocycles. The topological polar surface area (TPSA) is 67.9 Å². The van der Waals surface area contributed by atoms with Gasteiger partial charge in [0.2, 0.25) is 5.54 Å². The number of likely N-dealkylation sites (N-methyl/N-ethyl adjacent to an activating group) is 1. The molecule has 0 radical (unpaired) electrons. The average molecular weight is 385 g/mol. The maximum atomic E-state index is 13.6. The van der Waals surface area contributed by atoms with Gasteiger partial charge in [-0.1, -0.05) is 30.2 Å². The van der Waals surface area contributed by atoms with Gasteiger partial charge in [0.15, 0.2) is 5.96 Å². The monoisotopic (exact) mass is 385 g/mol. The highest BCUT2D eigenvalue weighted by molar-refractivity contribution is 6.08. The van der Waals surface area contributed by atoms with E-state index in [9.17, 15) is 4.79 Å². The molecule has 1 atom stereocenters. The van der Waals surface area contributed by atoms with Gasteiger partial charge in [-0.15, -0.1) is 5.92 Å². The smallest absolute Gasteiger partial charge is 0.266 e. The fourth-order valence-corrected chi connectivity index (χ4v) is 5.07. The lowest BCUT2D eigenvalue weighted by Gasteiger charge is -2.38. The summed E-state index contributed by atoms with van der Waals surface area (Å²) in [5.41, 5.74) is 8.49. The molecule has 0 saturated carbocycles. The van der Waals surface area contributed by atoms with Crippen LogP contribution in [0.4, 0.5) is 0 Å². The highest BCUT2D eigenvalue weighted by Crippen LogP contribution is 2.57. The van der Waals surface area contributed by atoms with Crippen LogP contribution in [0.3, 0.4) is 0 Å². The third-order valence-electron chi connectivity index (χ3n) is 6.56. The molecule has 2 aromatic rings. The second-order valence-electron chi connectivity index (χ2n) is 8.00. The number of benzene rings is 2. The molecule has 0 aromatic heterocycles. The molecule has 1 unspecified atom stereocenters. The number of amides is 1. The van der Waals surface area contributed by atoms with Gasteiger partial charge in [0.25, 0.3) is 5.91 Å². The second-order valence-corrected chi connectivity index (χ2v) is 8.00. The fraction of sp³-hybridized carbons (Fsp3) is 0.333. The minimum Gasteiger partial charge on any atom is -0.483 e. The Morgan fingerprint density at radius 2 is 1.83 bits per heavy atom. The molecule has 0 fully saturated rings. The van der Waals surface area contributed by atoms with Crippen molar-refractivity contribution in [1.29, 1.82) is 0 Å². The number of aryl methyl sites for hydroxylation is 2. The number of hydrogen-bond acceptors (Lipinski definition) is 4. The van der Waals surface area contributed by atoms with Crippen molar-refractivity contribution < 1.29 is 9.53 Å². The van der Waals surface area contributed by atoms with E-state index >= 15 is 0 Å². The molecule has 5 heteroatoms. The first-order valence-electron chi connectivity index (χ1n) is 9.97. The van der Waals surface area contributed by atoms with E-state index < -0.39 is 11.1 Å². The van der Waals surface area contributed by atoms with Crippen molar-refractivity contribution in [1.82, 2.24) is 4.90 Å². The van der Waals surface area contributed by atoms with Gasteiger partial charge in [0, 0.05) is 18.2 Å². The molecule has 2 heterocycles. The Labute approximate surface area is 170 Å². The van der Waals surface area contributed by atoms with Crippen LogP contribution in [0.25, 0.3) is 0 Å². The molecule has 146 valence electrons. The molecule has 5 rings (SSSR count). The van der Waals surface area contributed by atoms with Crippen LogP contribution in [0.15, 0.2) is 47.5 Å². The second kappa shape index (κ2) is 6.12. The summed E-state index contributed by atoms with van der Waals surface area (Å²) >= 11 is 0. The molecule has 5 nitrogen and oxygen atoms in total. The van der Waals surface area contributed by atoms with E-state index in [2.05, 4.69) is 36.1 Å². The summed E-state index contributed by atoms with van der Waals surface area (Å²) in [6.07, 6.45) is 3.06.